The van der Waals surface area contributed by atoms with Crippen molar-refractivity contribution in [3.05, 3.63) is 60.3 Å². The van der Waals surface area contributed by atoms with E-state index in [-0.39, 0.29) is 0 Å². The second-order valence-electron chi connectivity index (χ2n) is 8.06. The minimum Gasteiger partial charge on any atom is -0.357 e. The number of piperidine rings is 1. The second-order valence-corrected chi connectivity index (χ2v) is 8.06. The zero-order chi connectivity index (χ0) is 21.2. The highest BCUT2D eigenvalue weighted by Crippen LogP contribution is 2.17. The van der Waals surface area contributed by atoms with E-state index in [1.165, 1.54) is 5.56 Å². The first-order valence-electron chi connectivity index (χ1n) is 11.1. The van der Waals surface area contributed by atoms with Crippen molar-refractivity contribution in [1.82, 2.24) is 20.5 Å². The molecule has 6 heteroatoms. The molecule has 0 bridgehead atoms. The molecule has 1 fully saturated rings. The molecule has 1 aliphatic rings. The van der Waals surface area contributed by atoms with Gasteiger partial charge in [0.1, 0.15) is 5.82 Å². The van der Waals surface area contributed by atoms with Gasteiger partial charge in [-0.3, -0.25) is 9.89 Å². The minimum absolute atomic E-state index is 0.367. The normalized spacial score (nSPS) is 16.5. The number of rotatable bonds is 8. The van der Waals surface area contributed by atoms with Gasteiger partial charge >= 0.3 is 0 Å². The molecule has 1 unspecified atom stereocenters. The maximum absolute atomic E-state index is 4.87. The fraction of sp³-hybridized carbons (Fsp3) is 0.500. The van der Waals surface area contributed by atoms with Gasteiger partial charge in [0.15, 0.2) is 5.96 Å². The van der Waals surface area contributed by atoms with Crippen LogP contribution in [0.1, 0.15) is 32.3 Å². The summed E-state index contributed by atoms with van der Waals surface area (Å²) in [5.41, 5.74) is 1.33. The number of pyridine rings is 1. The summed E-state index contributed by atoms with van der Waals surface area (Å²) < 4.78 is 0. The van der Waals surface area contributed by atoms with Crippen LogP contribution in [0.25, 0.3) is 0 Å². The molecule has 1 atom stereocenters. The summed E-state index contributed by atoms with van der Waals surface area (Å²) in [7, 11) is 2.17. The fourth-order valence-electron chi connectivity index (χ4n) is 3.70. The van der Waals surface area contributed by atoms with Crippen molar-refractivity contribution in [2.24, 2.45) is 4.99 Å². The molecule has 0 saturated carbocycles. The van der Waals surface area contributed by atoms with Gasteiger partial charge in [0.2, 0.25) is 0 Å². The van der Waals surface area contributed by atoms with Crippen LogP contribution in [-0.2, 0) is 6.54 Å². The number of likely N-dealkylation sites (N-methyl/N-ethyl adjacent to an activating group) is 1. The molecule has 2 N–H and O–H groups in total. The van der Waals surface area contributed by atoms with E-state index in [0.29, 0.717) is 12.1 Å². The van der Waals surface area contributed by atoms with Gasteiger partial charge in [0, 0.05) is 44.5 Å². The zero-order valence-electron chi connectivity index (χ0n) is 18.6. The average molecular weight is 409 g/mol. The number of anilines is 1. The standard InChI is InChI=1S/C24H36N6/c1-4-25-24(27-18-20(2)29(3)19-21-10-6-5-7-11-21)28-22-13-16-30(17-14-22)23-12-8-9-15-26-23/h5-12,15,20,22H,4,13-14,16-19H2,1-3H3,(H2,25,27,28). The van der Waals surface area contributed by atoms with Crippen LogP contribution in [0, 0.1) is 0 Å². The van der Waals surface area contributed by atoms with Crippen LogP contribution < -0.4 is 15.5 Å². The van der Waals surface area contributed by atoms with Crippen molar-refractivity contribution in [1.29, 1.82) is 0 Å². The lowest BCUT2D eigenvalue weighted by Gasteiger charge is -2.34. The van der Waals surface area contributed by atoms with Crippen molar-refractivity contribution < 1.29 is 0 Å². The Hall–Kier alpha value is -2.60. The second kappa shape index (κ2) is 11.6. The first-order chi connectivity index (χ1) is 14.7. The predicted molar refractivity (Wildman–Crippen MR) is 126 cm³/mol. The molecule has 1 aromatic carbocycles. The molecule has 6 nitrogen and oxygen atoms in total. The molecule has 3 rings (SSSR count). The van der Waals surface area contributed by atoms with Crippen LogP contribution in [-0.4, -0.2) is 61.2 Å². The highest BCUT2D eigenvalue weighted by Gasteiger charge is 2.21. The maximum atomic E-state index is 4.87. The highest BCUT2D eigenvalue weighted by molar-refractivity contribution is 5.80. The van der Waals surface area contributed by atoms with E-state index < -0.39 is 0 Å². The smallest absolute Gasteiger partial charge is 0.191 e. The summed E-state index contributed by atoms with van der Waals surface area (Å²) >= 11 is 0. The third kappa shape index (κ3) is 6.73. The van der Waals surface area contributed by atoms with Gasteiger partial charge in [0.05, 0.1) is 6.54 Å². The molecule has 0 amide bonds. The number of nitrogens with one attached hydrogen (secondary N) is 2. The molecule has 2 heterocycles. The molecular formula is C24H36N6. The number of hydrogen-bond acceptors (Lipinski definition) is 4. The molecule has 1 aromatic heterocycles. The van der Waals surface area contributed by atoms with E-state index >= 15 is 0 Å². The van der Waals surface area contributed by atoms with Crippen molar-refractivity contribution in [2.45, 2.75) is 45.3 Å². The van der Waals surface area contributed by atoms with E-state index in [9.17, 15) is 0 Å². The first-order valence-corrected chi connectivity index (χ1v) is 11.1. The first kappa shape index (κ1) is 22.1. The number of benzene rings is 1. The molecule has 0 spiro atoms. The predicted octanol–water partition coefficient (Wildman–Crippen LogP) is 3.13. The Morgan fingerprint density at radius 3 is 2.57 bits per heavy atom. The van der Waals surface area contributed by atoms with Crippen LogP contribution in [0.2, 0.25) is 0 Å². The molecule has 0 radical (unpaired) electrons. The van der Waals surface area contributed by atoms with Gasteiger partial charge < -0.3 is 15.5 Å². The summed E-state index contributed by atoms with van der Waals surface area (Å²) in [6, 6.07) is 17.5. The molecule has 2 aromatic rings. The van der Waals surface area contributed by atoms with Crippen molar-refractivity contribution in [2.75, 3.05) is 38.1 Å². The van der Waals surface area contributed by atoms with E-state index in [1.807, 2.05) is 12.3 Å². The minimum atomic E-state index is 0.367. The van der Waals surface area contributed by atoms with Crippen LogP contribution in [0.5, 0.6) is 0 Å². The molecule has 162 valence electrons. The summed E-state index contributed by atoms with van der Waals surface area (Å²) in [5.74, 6) is 2.00. The Labute approximate surface area is 181 Å². The van der Waals surface area contributed by atoms with E-state index in [4.69, 9.17) is 4.99 Å². The van der Waals surface area contributed by atoms with E-state index in [2.05, 4.69) is 88.8 Å². The summed E-state index contributed by atoms with van der Waals surface area (Å²) in [6.45, 7) is 8.97. The van der Waals surface area contributed by atoms with Gasteiger partial charge in [-0.15, -0.1) is 0 Å². The van der Waals surface area contributed by atoms with Crippen LogP contribution in [0.3, 0.4) is 0 Å². The van der Waals surface area contributed by atoms with Gasteiger partial charge in [-0.2, -0.15) is 0 Å². The topological polar surface area (TPSA) is 55.8 Å². The summed E-state index contributed by atoms with van der Waals surface area (Å²) in [4.78, 5) is 14.1. The average Bonchev–Trinajstić information content (AvgIpc) is 2.79. The Bertz CT molecular complexity index is 756. The Balaban J connectivity index is 1.48. The molecule has 1 aliphatic heterocycles. The lowest BCUT2D eigenvalue weighted by molar-refractivity contribution is 0.255. The number of aliphatic imine (C=N–C) groups is 1. The number of hydrogen-bond donors (Lipinski definition) is 2. The Morgan fingerprint density at radius 2 is 1.90 bits per heavy atom. The third-order valence-electron chi connectivity index (χ3n) is 5.69. The van der Waals surface area contributed by atoms with Crippen molar-refractivity contribution in [3.63, 3.8) is 0 Å². The van der Waals surface area contributed by atoms with Gasteiger partial charge in [-0.1, -0.05) is 36.4 Å². The molecular weight excluding hydrogens is 372 g/mol. The van der Waals surface area contributed by atoms with Gasteiger partial charge in [-0.25, -0.2) is 4.98 Å². The quantitative estimate of drug-likeness (QED) is 0.519. The van der Waals surface area contributed by atoms with Gasteiger partial charge in [-0.05, 0) is 51.4 Å². The third-order valence-corrected chi connectivity index (χ3v) is 5.69. The summed E-state index contributed by atoms with van der Waals surface area (Å²) in [5, 5.41) is 7.06. The maximum Gasteiger partial charge on any atom is 0.191 e. The SMILES string of the molecule is CCNC(=NCC(C)N(C)Cc1ccccc1)NC1CCN(c2ccccn2)CC1. The molecule has 30 heavy (non-hydrogen) atoms. The summed E-state index contributed by atoms with van der Waals surface area (Å²) in [6.07, 6.45) is 4.04. The number of aromatic nitrogens is 1. The lowest BCUT2D eigenvalue weighted by atomic mass is 10.1. The number of nitrogens with zero attached hydrogens (tertiary/aromatic N) is 4. The largest absolute Gasteiger partial charge is 0.357 e. The Morgan fingerprint density at radius 1 is 1.17 bits per heavy atom. The molecule has 1 saturated heterocycles. The highest BCUT2D eigenvalue weighted by atomic mass is 15.2. The monoisotopic (exact) mass is 408 g/mol. The van der Waals surface area contributed by atoms with Crippen LogP contribution in [0.4, 0.5) is 5.82 Å². The van der Waals surface area contributed by atoms with Gasteiger partial charge in [0.25, 0.3) is 0 Å². The van der Waals surface area contributed by atoms with Crippen molar-refractivity contribution >= 4 is 11.8 Å². The van der Waals surface area contributed by atoms with Crippen LogP contribution >= 0.6 is 0 Å². The van der Waals surface area contributed by atoms with Crippen LogP contribution in [0.15, 0.2) is 59.7 Å². The molecule has 0 aliphatic carbocycles. The zero-order valence-corrected chi connectivity index (χ0v) is 18.6. The Kier molecular flexibility index (Phi) is 8.51. The van der Waals surface area contributed by atoms with E-state index in [1.54, 1.807) is 0 Å². The van der Waals surface area contributed by atoms with Crippen molar-refractivity contribution in [3.8, 4) is 0 Å². The number of guanidine groups is 1. The fourth-order valence-corrected chi connectivity index (χ4v) is 3.70. The van der Waals surface area contributed by atoms with E-state index in [0.717, 1.165) is 57.3 Å². The lowest BCUT2D eigenvalue weighted by Crippen LogP contribution is -2.49.